The fourth-order valence-corrected chi connectivity index (χ4v) is 12.0. The van der Waals surface area contributed by atoms with Crippen LogP contribution >= 0.6 is 0 Å². The van der Waals surface area contributed by atoms with Crippen LogP contribution in [-0.2, 0) is 5.41 Å². The molecule has 0 aliphatic heterocycles. The molecule has 0 fully saturated rings. The molecular formula is C69H48FN3. The van der Waals surface area contributed by atoms with Crippen LogP contribution in [0.5, 0.6) is 0 Å². The maximum atomic E-state index is 14.7. The van der Waals surface area contributed by atoms with Crippen molar-refractivity contribution in [1.29, 1.82) is 0 Å². The van der Waals surface area contributed by atoms with E-state index in [2.05, 4.69) is 258 Å². The van der Waals surface area contributed by atoms with Gasteiger partial charge in [-0.1, -0.05) is 178 Å². The SMILES string of the molecule is CC1(C)c2ccccc2-c2ccc(N(c3ccc(-c4cc5c(-c6ccccc6)c(-c6ccccc6)n(-c6ccc(F)cc6)c5c5ccccc45)cc3)c3ccc4c(c3)c3ccccc3n4-c3ccccc3)cc21. The first-order valence-corrected chi connectivity index (χ1v) is 25.1. The van der Waals surface area contributed by atoms with E-state index in [1.807, 2.05) is 12.1 Å². The van der Waals surface area contributed by atoms with Crippen molar-refractivity contribution in [2.45, 2.75) is 19.3 Å². The van der Waals surface area contributed by atoms with E-state index < -0.39 is 0 Å². The number of benzene rings is 11. The molecule has 0 atom stereocenters. The first-order valence-electron chi connectivity index (χ1n) is 25.1. The normalized spacial score (nSPS) is 12.7. The lowest BCUT2D eigenvalue weighted by Gasteiger charge is -2.28. The number of aromatic nitrogens is 2. The summed E-state index contributed by atoms with van der Waals surface area (Å²) in [6.45, 7) is 4.71. The molecule has 73 heavy (non-hydrogen) atoms. The Morgan fingerprint density at radius 2 is 0.918 bits per heavy atom. The summed E-state index contributed by atoms with van der Waals surface area (Å²) in [5.41, 5.74) is 20.5. The van der Waals surface area contributed by atoms with Gasteiger partial charge >= 0.3 is 0 Å². The van der Waals surface area contributed by atoms with Gasteiger partial charge in [0.1, 0.15) is 5.82 Å². The topological polar surface area (TPSA) is 13.1 Å². The molecular weight excluding hydrogens is 890 g/mol. The molecule has 346 valence electrons. The predicted octanol–water partition coefficient (Wildman–Crippen LogP) is 18.8. The Labute approximate surface area is 423 Å². The minimum absolute atomic E-state index is 0.168. The molecule has 11 aromatic carbocycles. The number of hydrogen-bond donors (Lipinski definition) is 0. The van der Waals surface area contributed by atoms with Crippen LogP contribution in [0.2, 0.25) is 0 Å². The van der Waals surface area contributed by atoms with Gasteiger partial charge in [-0.05, 0) is 141 Å². The fraction of sp³-hybridized carbons (Fsp3) is 0.0435. The van der Waals surface area contributed by atoms with Crippen LogP contribution in [0.3, 0.4) is 0 Å². The molecule has 0 saturated heterocycles. The van der Waals surface area contributed by atoms with E-state index in [1.54, 1.807) is 12.1 Å². The van der Waals surface area contributed by atoms with Crippen molar-refractivity contribution in [2.24, 2.45) is 0 Å². The van der Waals surface area contributed by atoms with E-state index >= 15 is 0 Å². The summed E-state index contributed by atoms with van der Waals surface area (Å²) in [4.78, 5) is 2.43. The largest absolute Gasteiger partial charge is 0.310 e. The maximum Gasteiger partial charge on any atom is 0.123 e. The number of para-hydroxylation sites is 2. The first kappa shape index (κ1) is 42.6. The van der Waals surface area contributed by atoms with Gasteiger partial charge in [-0.25, -0.2) is 4.39 Å². The second-order valence-corrected chi connectivity index (χ2v) is 19.8. The number of anilines is 3. The predicted molar refractivity (Wildman–Crippen MR) is 304 cm³/mol. The van der Waals surface area contributed by atoms with E-state index in [0.717, 1.165) is 89.1 Å². The van der Waals surface area contributed by atoms with Crippen molar-refractivity contribution in [3.8, 4) is 56.0 Å². The van der Waals surface area contributed by atoms with Gasteiger partial charge in [-0.3, -0.25) is 0 Å². The zero-order valence-corrected chi connectivity index (χ0v) is 40.5. The minimum atomic E-state index is -0.263. The molecule has 14 rings (SSSR count). The van der Waals surface area contributed by atoms with E-state index in [0.29, 0.717) is 0 Å². The Morgan fingerprint density at radius 1 is 0.356 bits per heavy atom. The number of fused-ring (bicyclic) bond motifs is 9. The highest BCUT2D eigenvalue weighted by Crippen LogP contribution is 2.52. The molecule has 1 aliphatic rings. The second kappa shape index (κ2) is 16.7. The molecule has 0 bridgehead atoms. The van der Waals surface area contributed by atoms with Crippen LogP contribution in [0.1, 0.15) is 25.0 Å². The summed E-state index contributed by atoms with van der Waals surface area (Å²) in [5, 5.41) is 5.79. The highest BCUT2D eigenvalue weighted by Gasteiger charge is 2.36. The standard InChI is InChI=1S/C69H48FN3/c1-69(2)62-28-16-14-25-55(62)56-40-38-53(43-63(56)69)71(52-39-41-65-60(42-52)57-26-15-17-29-64(57)72(65)49-22-10-5-11-23-49)50-34-30-45(31-35-50)59-44-61-66(46-18-6-3-7-19-46)67(47-20-8-4-9-21-47)73(51-36-32-48(70)33-37-51)68(61)58-27-13-12-24-54(58)59/h3-44H,1-2H3. The Kier molecular flexibility index (Phi) is 9.74. The molecule has 1 aliphatic carbocycles. The third-order valence-corrected chi connectivity index (χ3v) is 15.4. The van der Waals surface area contributed by atoms with Crippen molar-refractivity contribution in [3.63, 3.8) is 0 Å². The van der Waals surface area contributed by atoms with Crippen molar-refractivity contribution >= 4 is 60.5 Å². The lowest BCUT2D eigenvalue weighted by atomic mass is 9.82. The molecule has 0 unspecified atom stereocenters. The summed E-state index contributed by atoms with van der Waals surface area (Å²) in [7, 11) is 0. The van der Waals surface area contributed by atoms with Crippen LogP contribution in [0.15, 0.2) is 255 Å². The number of nitrogens with zero attached hydrogens (tertiary/aromatic N) is 3. The molecule has 0 N–H and O–H groups in total. The fourth-order valence-electron chi connectivity index (χ4n) is 12.0. The van der Waals surface area contributed by atoms with E-state index in [4.69, 9.17) is 0 Å². The zero-order chi connectivity index (χ0) is 48.8. The smallest absolute Gasteiger partial charge is 0.123 e. The number of rotatable bonds is 8. The van der Waals surface area contributed by atoms with Crippen molar-refractivity contribution < 1.29 is 4.39 Å². The average Bonchev–Trinajstić information content (AvgIpc) is 4.05. The highest BCUT2D eigenvalue weighted by molar-refractivity contribution is 6.20. The number of halogens is 1. The monoisotopic (exact) mass is 937 g/mol. The Hall–Kier alpha value is -9.25. The third kappa shape index (κ3) is 6.71. The molecule has 0 amide bonds. The molecule has 4 heteroatoms. The van der Waals surface area contributed by atoms with Gasteiger partial charge in [0.2, 0.25) is 0 Å². The van der Waals surface area contributed by atoms with E-state index in [9.17, 15) is 4.39 Å². The summed E-state index contributed by atoms with van der Waals surface area (Å²) in [6, 6.07) is 90.7. The summed E-state index contributed by atoms with van der Waals surface area (Å²) < 4.78 is 19.4. The van der Waals surface area contributed by atoms with Gasteiger partial charge < -0.3 is 14.0 Å². The highest BCUT2D eigenvalue weighted by atomic mass is 19.1. The summed E-state index contributed by atoms with van der Waals surface area (Å²) in [6.07, 6.45) is 0. The van der Waals surface area contributed by atoms with Crippen LogP contribution in [-0.4, -0.2) is 9.13 Å². The summed E-state index contributed by atoms with van der Waals surface area (Å²) in [5.74, 6) is -0.263. The molecule has 2 heterocycles. The van der Waals surface area contributed by atoms with Crippen LogP contribution < -0.4 is 4.90 Å². The lowest BCUT2D eigenvalue weighted by molar-refractivity contribution is 0.627. The second-order valence-electron chi connectivity index (χ2n) is 19.8. The Morgan fingerprint density at radius 3 is 1.67 bits per heavy atom. The van der Waals surface area contributed by atoms with Gasteiger partial charge in [-0.2, -0.15) is 0 Å². The Bertz CT molecular complexity index is 4260. The quantitative estimate of drug-likeness (QED) is 0.148. The maximum absolute atomic E-state index is 14.7. The molecule has 0 radical (unpaired) electrons. The Balaban J connectivity index is 0.983. The summed E-state index contributed by atoms with van der Waals surface area (Å²) >= 11 is 0. The van der Waals surface area contributed by atoms with Gasteiger partial charge in [0.05, 0.1) is 22.2 Å². The van der Waals surface area contributed by atoms with Crippen LogP contribution in [0.25, 0.3) is 99.5 Å². The van der Waals surface area contributed by atoms with Crippen molar-refractivity contribution in [2.75, 3.05) is 4.90 Å². The zero-order valence-electron chi connectivity index (χ0n) is 40.5. The average molecular weight is 938 g/mol. The van der Waals surface area contributed by atoms with Crippen molar-refractivity contribution in [3.05, 3.63) is 272 Å². The van der Waals surface area contributed by atoms with Gasteiger partial charge in [0, 0.05) is 61.0 Å². The number of hydrogen-bond acceptors (Lipinski definition) is 1. The van der Waals surface area contributed by atoms with E-state index in [-0.39, 0.29) is 11.2 Å². The van der Waals surface area contributed by atoms with Crippen molar-refractivity contribution in [1.82, 2.24) is 9.13 Å². The molecule has 0 saturated carbocycles. The van der Waals surface area contributed by atoms with E-state index in [1.165, 1.54) is 38.5 Å². The molecule has 2 aromatic heterocycles. The first-order chi connectivity index (χ1) is 35.9. The van der Waals surface area contributed by atoms with Gasteiger partial charge in [-0.15, -0.1) is 0 Å². The van der Waals surface area contributed by atoms with Crippen LogP contribution in [0.4, 0.5) is 21.5 Å². The minimum Gasteiger partial charge on any atom is -0.310 e. The lowest BCUT2D eigenvalue weighted by Crippen LogP contribution is -2.16. The third-order valence-electron chi connectivity index (χ3n) is 15.4. The van der Waals surface area contributed by atoms with Gasteiger partial charge in [0.25, 0.3) is 0 Å². The van der Waals surface area contributed by atoms with Crippen LogP contribution in [0, 0.1) is 5.82 Å². The molecule has 0 spiro atoms. The molecule has 13 aromatic rings. The molecule has 3 nitrogen and oxygen atoms in total. The van der Waals surface area contributed by atoms with Gasteiger partial charge in [0.15, 0.2) is 0 Å².